The van der Waals surface area contributed by atoms with Crippen LogP contribution in [0.1, 0.15) is 19.3 Å². The highest BCUT2D eigenvalue weighted by molar-refractivity contribution is 6.07. The molecule has 30 heavy (non-hydrogen) atoms. The van der Waals surface area contributed by atoms with E-state index in [4.69, 9.17) is 0 Å². The zero-order chi connectivity index (χ0) is 20.5. The van der Waals surface area contributed by atoms with Gasteiger partial charge in [-0.05, 0) is 48.6 Å². The molecule has 1 N–H and O–H groups in total. The highest BCUT2D eigenvalue weighted by Crippen LogP contribution is 2.30. The van der Waals surface area contributed by atoms with Crippen molar-refractivity contribution >= 4 is 39.6 Å². The number of nitrogens with one attached hydrogen (secondary N) is 1. The summed E-state index contributed by atoms with van der Waals surface area (Å²) in [5, 5.41) is 5.13. The minimum absolute atomic E-state index is 0.00184. The number of amides is 2. The Bertz CT molecular complexity index is 1080. The molecular formula is C25H25N3O2. The number of carbonyl (C=O) groups is 2. The lowest BCUT2D eigenvalue weighted by atomic mass is 10.1. The van der Waals surface area contributed by atoms with Crippen molar-refractivity contribution in [3.05, 3.63) is 66.7 Å². The fourth-order valence-corrected chi connectivity index (χ4v) is 4.52. The van der Waals surface area contributed by atoms with E-state index in [2.05, 4.69) is 22.3 Å². The maximum atomic E-state index is 12.9. The van der Waals surface area contributed by atoms with Gasteiger partial charge in [0.1, 0.15) is 0 Å². The summed E-state index contributed by atoms with van der Waals surface area (Å²) in [6.07, 6.45) is 2.71. The molecule has 2 saturated heterocycles. The summed E-state index contributed by atoms with van der Waals surface area (Å²) in [6.45, 7) is 2.61. The molecule has 0 saturated carbocycles. The fraction of sp³-hybridized carbons (Fsp3) is 0.280. The Morgan fingerprint density at radius 1 is 0.867 bits per heavy atom. The second kappa shape index (κ2) is 7.82. The maximum absolute atomic E-state index is 12.9. The van der Waals surface area contributed by atoms with E-state index in [0.29, 0.717) is 6.54 Å². The molecule has 2 amide bonds. The topological polar surface area (TPSA) is 52.7 Å². The average Bonchev–Trinajstić information content (AvgIpc) is 3.44. The zero-order valence-electron chi connectivity index (χ0n) is 16.9. The Kier molecular flexibility index (Phi) is 4.87. The second-order valence-electron chi connectivity index (χ2n) is 8.13. The number of hydrogen-bond acceptors (Lipinski definition) is 3. The Labute approximate surface area is 176 Å². The first-order valence-electron chi connectivity index (χ1n) is 10.6. The van der Waals surface area contributed by atoms with Crippen molar-refractivity contribution in [3.8, 4) is 0 Å². The molecule has 2 aliphatic heterocycles. The summed E-state index contributed by atoms with van der Waals surface area (Å²) in [7, 11) is 0. The first-order valence-corrected chi connectivity index (χ1v) is 10.6. The number of nitrogens with zero attached hydrogens (tertiary/aromatic N) is 2. The van der Waals surface area contributed by atoms with Crippen LogP contribution in [0.4, 0.5) is 17.1 Å². The molecule has 2 heterocycles. The quantitative estimate of drug-likeness (QED) is 0.706. The van der Waals surface area contributed by atoms with Gasteiger partial charge in [-0.3, -0.25) is 9.59 Å². The van der Waals surface area contributed by atoms with E-state index >= 15 is 0 Å². The minimum atomic E-state index is -0.352. The monoisotopic (exact) mass is 399 g/mol. The van der Waals surface area contributed by atoms with E-state index in [9.17, 15) is 9.59 Å². The third-order valence-electron chi connectivity index (χ3n) is 6.18. The van der Waals surface area contributed by atoms with E-state index in [1.54, 1.807) is 4.90 Å². The zero-order valence-corrected chi connectivity index (χ0v) is 16.9. The van der Waals surface area contributed by atoms with E-state index in [1.807, 2.05) is 54.6 Å². The number of benzene rings is 3. The summed E-state index contributed by atoms with van der Waals surface area (Å²) >= 11 is 0. The van der Waals surface area contributed by atoms with E-state index in [-0.39, 0.29) is 24.2 Å². The standard InChI is InChI=1S/C25H25N3O2/c29-24-16-19(25(30)26-23-9-5-7-18-6-1-2-8-22(18)23)17-28(24)21-12-10-20(11-13-21)27-14-3-4-15-27/h1-2,5-13,19H,3-4,14-17H2,(H,26,30). The molecule has 5 nitrogen and oxygen atoms in total. The summed E-state index contributed by atoms with van der Waals surface area (Å²) < 4.78 is 0. The van der Waals surface area contributed by atoms with Gasteiger partial charge in [0, 0.05) is 48.5 Å². The number of hydrogen-bond donors (Lipinski definition) is 1. The minimum Gasteiger partial charge on any atom is -0.372 e. The molecule has 3 aromatic rings. The van der Waals surface area contributed by atoms with Crippen LogP contribution in [0, 0.1) is 5.92 Å². The van der Waals surface area contributed by atoms with Crippen molar-refractivity contribution in [2.75, 3.05) is 34.8 Å². The van der Waals surface area contributed by atoms with Gasteiger partial charge in [0.05, 0.1) is 5.92 Å². The fourth-order valence-electron chi connectivity index (χ4n) is 4.52. The molecule has 1 atom stereocenters. The van der Waals surface area contributed by atoms with E-state index < -0.39 is 0 Å². The van der Waals surface area contributed by atoms with Gasteiger partial charge in [0.15, 0.2) is 0 Å². The van der Waals surface area contributed by atoms with Crippen molar-refractivity contribution in [3.63, 3.8) is 0 Å². The molecule has 2 aliphatic rings. The van der Waals surface area contributed by atoms with Gasteiger partial charge in [0.25, 0.3) is 0 Å². The van der Waals surface area contributed by atoms with Crippen molar-refractivity contribution < 1.29 is 9.59 Å². The van der Waals surface area contributed by atoms with Gasteiger partial charge in [-0.15, -0.1) is 0 Å². The first kappa shape index (κ1) is 18.7. The predicted molar refractivity (Wildman–Crippen MR) is 121 cm³/mol. The third-order valence-corrected chi connectivity index (χ3v) is 6.18. The Morgan fingerprint density at radius 2 is 1.57 bits per heavy atom. The van der Waals surface area contributed by atoms with Crippen LogP contribution in [0.25, 0.3) is 10.8 Å². The lowest BCUT2D eigenvalue weighted by molar-refractivity contribution is -0.122. The number of fused-ring (bicyclic) bond motifs is 1. The van der Waals surface area contributed by atoms with Crippen molar-refractivity contribution in [2.24, 2.45) is 5.92 Å². The number of anilines is 3. The van der Waals surface area contributed by atoms with Crippen LogP contribution in [-0.2, 0) is 9.59 Å². The first-order chi connectivity index (χ1) is 14.7. The SMILES string of the molecule is O=C(Nc1cccc2ccccc12)C1CC(=O)N(c2ccc(N3CCCC3)cc2)C1. The molecule has 152 valence electrons. The lowest BCUT2D eigenvalue weighted by Crippen LogP contribution is -2.28. The summed E-state index contributed by atoms with van der Waals surface area (Å²) in [5.41, 5.74) is 2.86. The Morgan fingerprint density at radius 3 is 2.37 bits per heavy atom. The van der Waals surface area contributed by atoms with E-state index in [0.717, 1.165) is 35.2 Å². The van der Waals surface area contributed by atoms with Crippen LogP contribution in [0.5, 0.6) is 0 Å². The normalized spacial score (nSPS) is 18.9. The average molecular weight is 399 g/mol. The Hall–Kier alpha value is -3.34. The molecular weight excluding hydrogens is 374 g/mol. The van der Waals surface area contributed by atoms with Crippen LogP contribution >= 0.6 is 0 Å². The summed E-state index contributed by atoms with van der Waals surface area (Å²) in [4.78, 5) is 29.7. The third kappa shape index (κ3) is 3.52. The Balaban J connectivity index is 1.29. The molecule has 0 aromatic heterocycles. The molecule has 5 heteroatoms. The van der Waals surface area contributed by atoms with Crippen LogP contribution in [0.15, 0.2) is 66.7 Å². The molecule has 0 spiro atoms. The van der Waals surface area contributed by atoms with Gasteiger partial charge in [0.2, 0.25) is 11.8 Å². The molecule has 1 unspecified atom stereocenters. The molecule has 3 aromatic carbocycles. The largest absolute Gasteiger partial charge is 0.372 e. The van der Waals surface area contributed by atoms with Crippen molar-refractivity contribution in [2.45, 2.75) is 19.3 Å². The molecule has 5 rings (SSSR count). The lowest BCUT2D eigenvalue weighted by Gasteiger charge is -2.21. The van der Waals surface area contributed by atoms with Gasteiger partial charge in [-0.1, -0.05) is 36.4 Å². The second-order valence-corrected chi connectivity index (χ2v) is 8.13. The smallest absolute Gasteiger partial charge is 0.229 e. The summed E-state index contributed by atoms with van der Waals surface area (Å²) in [6, 6.07) is 22.0. The predicted octanol–water partition coefficient (Wildman–Crippen LogP) is 4.43. The number of rotatable bonds is 4. The van der Waals surface area contributed by atoms with Crippen molar-refractivity contribution in [1.29, 1.82) is 0 Å². The molecule has 0 radical (unpaired) electrons. The molecule has 0 bridgehead atoms. The molecule has 2 fully saturated rings. The highest BCUT2D eigenvalue weighted by atomic mass is 16.2. The maximum Gasteiger partial charge on any atom is 0.229 e. The van der Waals surface area contributed by atoms with Gasteiger partial charge in [-0.2, -0.15) is 0 Å². The highest BCUT2D eigenvalue weighted by Gasteiger charge is 2.35. The van der Waals surface area contributed by atoms with Gasteiger partial charge in [-0.25, -0.2) is 0 Å². The number of carbonyl (C=O) groups excluding carboxylic acids is 2. The van der Waals surface area contributed by atoms with Crippen LogP contribution in [-0.4, -0.2) is 31.4 Å². The van der Waals surface area contributed by atoms with Crippen LogP contribution in [0.2, 0.25) is 0 Å². The summed E-state index contributed by atoms with van der Waals surface area (Å²) in [5.74, 6) is -0.451. The van der Waals surface area contributed by atoms with Gasteiger partial charge < -0.3 is 15.1 Å². The van der Waals surface area contributed by atoms with Gasteiger partial charge >= 0.3 is 0 Å². The van der Waals surface area contributed by atoms with E-state index in [1.165, 1.54) is 18.5 Å². The van der Waals surface area contributed by atoms with Crippen molar-refractivity contribution in [1.82, 2.24) is 0 Å². The van der Waals surface area contributed by atoms with Crippen LogP contribution < -0.4 is 15.1 Å². The van der Waals surface area contributed by atoms with Crippen LogP contribution in [0.3, 0.4) is 0 Å². The molecule has 0 aliphatic carbocycles.